The molecule has 0 radical (unpaired) electrons. The van der Waals surface area contributed by atoms with Gasteiger partial charge >= 0.3 is 0 Å². The molecule has 2 heteroatoms. The second kappa shape index (κ2) is 2.00. The molecule has 2 nitrogen and oxygen atoms in total. The summed E-state index contributed by atoms with van der Waals surface area (Å²) in [7, 11) is 0. The molecule has 0 saturated heterocycles. The second-order valence-corrected chi connectivity index (χ2v) is 2.80. The van der Waals surface area contributed by atoms with Gasteiger partial charge in [0.15, 0.2) is 0 Å². The first-order valence-electron chi connectivity index (χ1n) is 3.43. The Morgan fingerprint density at radius 3 is 2.67 bits per heavy atom. The Labute approximate surface area is 55.7 Å². The third-order valence-electron chi connectivity index (χ3n) is 2.34. The van der Waals surface area contributed by atoms with Crippen LogP contribution in [0.3, 0.4) is 0 Å². The smallest absolute Gasteiger partial charge is 0.107 e. The van der Waals surface area contributed by atoms with Crippen molar-refractivity contribution in [2.24, 2.45) is 11.7 Å². The molecule has 0 spiro atoms. The molecule has 50 valence electrons. The minimum atomic E-state index is -0.464. The number of nitriles is 1. The molecule has 0 amide bonds. The van der Waals surface area contributed by atoms with Gasteiger partial charge in [-0.05, 0) is 18.8 Å². The number of hydrogen-bond acceptors (Lipinski definition) is 2. The fraction of sp³-hybridized carbons (Fsp3) is 0.857. The van der Waals surface area contributed by atoms with Crippen molar-refractivity contribution in [1.29, 1.82) is 5.26 Å². The van der Waals surface area contributed by atoms with Gasteiger partial charge in [0.2, 0.25) is 0 Å². The third-order valence-corrected chi connectivity index (χ3v) is 2.34. The Balaban J connectivity index is 2.54. The predicted molar refractivity (Wildman–Crippen MR) is 35.5 cm³/mol. The first-order chi connectivity index (χ1) is 4.23. The van der Waals surface area contributed by atoms with Crippen molar-refractivity contribution < 1.29 is 0 Å². The van der Waals surface area contributed by atoms with Crippen LogP contribution in [0.1, 0.15) is 26.2 Å². The van der Waals surface area contributed by atoms with E-state index in [2.05, 4.69) is 13.0 Å². The Bertz CT molecular complexity index is 145. The van der Waals surface area contributed by atoms with Gasteiger partial charge in [-0.1, -0.05) is 13.3 Å². The molecule has 0 heterocycles. The molecular formula is C7H12N2. The lowest BCUT2D eigenvalue weighted by Crippen LogP contribution is -2.53. The largest absolute Gasteiger partial charge is 0.313 e. The fourth-order valence-corrected chi connectivity index (χ4v) is 1.38. The van der Waals surface area contributed by atoms with E-state index < -0.39 is 5.54 Å². The molecule has 0 aliphatic heterocycles. The molecule has 2 atom stereocenters. The molecule has 2 unspecified atom stereocenters. The molecule has 1 rings (SSSR count). The van der Waals surface area contributed by atoms with Crippen LogP contribution >= 0.6 is 0 Å². The van der Waals surface area contributed by atoms with E-state index in [1.165, 1.54) is 0 Å². The molecule has 1 aliphatic carbocycles. The van der Waals surface area contributed by atoms with E-state index in [9.17, 15) is 0 Å². The van der Waals surface area contributed by atoms with Gasteiger partial charge in [-0.15, -0.1) is 0 Å². The van der Waals surface area contributed by atoms with E-state index >= 15 is 0 Å². The Kier molecular flexibility index (Phi) is 1.46. The lowest BCUT2D eigenvalue weighted by molar-refractivity contribution is 0.180. The van der Waals surface area contributed by atoms with Crippen molar-refractivity contribution in [3.8, 4) is 6.07 Å². The van der Waals surface area contributed by atoms with Crippen LogP contribution in [0.25, 0.3) is 0 Å². The number of rotatable bonds is 1. The quantitative estimate of drug-likeness (QED) is 0.567. The van der Waals surface area contributed by atoms with Crippen LogP contribution in [-0.4, -0.2) is 5.54 Å². The third kappa shape index (κ3) is 0.818. The molecule has 1 fully saturated rings. The molecule has 0 aromatic heterocycles. The van der Waals surface area contributed by atoms with Crippen molar-refractivity contribution in [1.82, 2.24) is 0 Å². The Morgan fingerprint density at radius 1 is 1.89 bits per heavy atom. The molecular weight excluding hydrogens is 112 g/mol. The highest BCUT2D eigenvalue weighted by Gasteiger charge is 2.42. The van der Waals surface area contributed by atoms with Crippen molar-refractivity contribution in [2.75, 3.05) is 0 Å². The summed E-state index contributed by atoms with van der Waals surface area (Å²) >= 11 is 0. The summed E-state index contributed by atoms with van der Waals surface area (Å²) in [4.78, 5) is 0. The fourth-order valence-electron chi connectivity index (χ4n) is 1.38. The minimum Gasteiger partial charge on any atom is -0.313 e. The van der Waals surface area contributed by atoms with E-state index in [4.69, 9.17) is 11.0 Å². The summed E-state index contributed by atoms with van der Waals surface area (Å²) in [5.74, 6) is 0.461. The molecule has 1 aliphatic rings. The van der Waals surface area contributed by atoms with Gasteiger partial charge in [-0.25, -0.2) is 0 Å². The van der Waals surface area contributed by atoms with E-state index in [1.807, 2.05) is 0 Å². The average molecular weight is 124 g/mol. The highest BCUT2D eigenvalue weighted by atomic mass is 14.8. The molecule has 0 aromatic rings. The van der Waals surface area contributed by atoms with E-state index in [0.717, 1.165) is 19.3 Å². The van der Waals surface area contributed by atoms with Crippen LogP contribution in [0.5, 0.6) is 0 Å². The lowest BCUT2D eigenvalue weighted by atomic mass is 9.67. The van der Waals surface area contributed by atoms with Crippen LogP contribution in [-0.2, 0) is 0 Å². The standard InChI is InChI=1S/C7H12N2/c1-2-6-3-4-7(6,9)5-8/h6H,2-4,9H2,1H3. The number of hydrogen-bond donors (Lipinski definition) is 1. The molecule has 0 bridgehead atoms. The summed E-state index contributed by atoms with van der Waals surface area (Å²) in [5.41, 5.74) is 5.23. The second-order valence-electron chi connectivity index (χ2n) is 2.80. The SMILES string of the molecule is CCC1CCC1(N)C#N. The maximum atomic E-state index is 8.57. The Hall–Kier alpha value is -0.550. The topological polar surface area (TPSA) is 49.8 Å². The molecule has 2 N–H and O–H groups in total. The average Bonchev–Trinajstić information content (AvgIpc) is 1.85. The summed E-state index contributed by atoms with van der Waals surface area (Å²) in [6.45, 7) is 2.09. The summed E-state index contributed by atoms with van der Waals surface area (Å²) in [6.07, 6.45) is 3.08. The first kappa shape index (κ1) is 6.57. The van der Waals surface area contributed by atoms with Gasteiger partial charge in [0.05, 0.1) is 6.07 Å². The van der Waals surface area contributed by atoms with Crippen molar-refractivity contribution in [2.45, 2.75) is 31.7 Å². The first-order valence-corrected chi connectivity index (χ1v) is 3.43. The van der Waals surface area contributed by atoms with Crippen molar-refractivity contribution in [3.05, 3.63) is 0 Å². The summed E-state index contributed by atoms with van der Waals surface area (Å²) < 4.78 is 0. The predicted octanol–water partition coefficient (Wildman–Crippen LogP) is 1.03. The zero-order chi connectivity index (χ0) is 6.91. The minimum absolute atomic E-state index is 0.461. The van der Waals surface area contributed by atoms with E-state index in [-0.39, 0.29) is 0 Å². The van der Waals surface area contributed by atoms with Gasteiger partial charge in [0.25, 0.3) is 0 Å². The van der Waals surface area contributed by atoms with Crippen molar-refractivity contribution >= 4 is 0 Å². The maximum Gasteiger partial charge on any atom is 0.107 e. The monoisotopic (exact) mass is 124 g/mol. The Morgan fingerprint density at radius 2 is 2.56 bits per heavy atom. The van der Waals surface area contributed by atoms with Gasteiger partial charge in [-0.3, -0.25) is 0 Å². The molecule has 9 heavy (non-hydrogen) atoms. The van der Waals surface area contributed by atoms with Gasteiger partial charge in [0.1, 0.15) is 5.54 Å². The highest BCUT2D eigenvalue weighted by molar-refractivity contribution is 5.14. The molecule has 1 saturated carbocycles. The van der Waals surface area contributed by atoms with Crippen molar-refractivity contribution in [3.63, 3.8) is 0 Å². The zero-order valence-corrected chi connectivity index (χ0v) is 5.72. The highest BCUT2D eigenvalue weighted by Crippen LogP contribution is 2.37. The zero-order valence-electron chi connectivity index (χ0n) is 5.72. The van der Waals surface area contributed by atoms with Gasteiger partial charge in [0, 0.05) is 0 Å². The number of nitrogens with zero attached hydrogens (tertiary/aromatic N) is 1. The van der Waals surface area contributed by atoms with Crippen LogP contribution in [0.15, 0.2) is 0 Å². The maximum absolute atomic E-state index is 8.57. The number of nitrogens with two attached hydrogens (primary N) is 1. The van der Waals surface area contributed by atoms with Crippen LogP contribution in [0.4, 0.5) is 0 Å². The lowest BCUT2D eigenvalue weighted by Gasteiger charge is -2.40. The summed E-state index contributed by atoms with van der Waals surface area (Å²) in [6, 6.07) is 2.16. The normalized spacial score (nSPS) is 41.2. The summed E-state index contributed by atoms with van der Waals surface area (Å²) in [5, 5.41) is 8.57. The molecule has 0 aromatic carbocycles. The van der Waals surface area contributed by atoms with Gasteiger partial charge < -0.3 is 5.73 Å². The van der Waals surface area contributed by atoms with E-state index in [0.29, 0.717) is 5.92 Å². The van der Waals surface area contributed by atoms with E-state index in [1.54, 1.807) is 0 Å². The van der Waals surface area contributed by atoms with Gasteiger partial charge in [-0.2, -0.15) is 5.26 Å². The van der Waals surface area contributed by atoms with Crippen LogP contribution in [0.2, 0.25) is 0 Å². The van der Waals surface area contributed by atoms with Crippen LogP contribution < -0.4 is 5.73 Å². The van der Waals surface area contributed by atoms with Crippen LogP contribution in [0, 0.1) is 17.2 Å².